The largest absolute Gasteiger partial charge is 0.0917 e. The zero-order valence-electron chi connectivity index (χ0n) is 10.3. The zero-order valence-corrected chi connectivity index (χ0v) is 10.3. The summed E-state index contributed by atoms with van der Waals surface area (Å²) in [5, 5.41) is 0. The molecule has 0 radical (unpaired) electrons. The van der Waals surface area contributed by atoms with Crippen LogP contribution in [-0.2, 0) is 0 Å². The van der Waals surface area contributed by atoms with Gasteiger partial charge in [0.25, 0.3) is 0 Å². The van der Waals surface area contributed by atoms with Crippen LogP contribution in [0.5, 0.6) is 0 Å². The van der Waals surface area contributed by atoms with E-state index in [1.807, 2.05) is 0 Å². The summed E-state index contributed by atoms with van der Waals surface area (Å²) < 4.78 is 0. The van der Waals surface area contributed by atoms with Gasteiger partial charge in [-0.15, -0.1) is 0 Å². The highest BCUT2D eigenvalue weighted by molar-refractivity contribution is 4.94. The molecule has 0 aromatic carbocycles. The van der Waals surface area contributed by atoms with Crippen molar-refractivity contribution in [3.05, 3.63) is 24.3 Å². The molecule has 0 atom stereocenters. The lowest BCUT2D eigenvalue weighted by molar-refractivity contribution is 0.422. The van der Waals surface area contributed by atoms with Crippen molar-refractivity contribution in [1.29, 1.82) is 0 Å². The van der Waals surface area contributed by atoms with Gasteiger partial charge in [-0.3, -0.25) is 0 Å². The van der Waals surface area contributed by atoms with Gasteiger partial charge in [-0.25, -0.2) is 0 Å². The normalized spacial score (nSPS) is 13.1. The molecule has 0 N–H and O–H groups in total. The zero-order chi connectivity index (χ0) is 10.9. The second kappa shape index (κ2) is 7.84. The second-order valence-corrected chi connectivity index (χ2v) is 4.64. The molecule has 0 heterocycles. The summed E-state index contributed by atoms with van der Waals surface area (Å²) in [6.07, 6.45) is 15.4. The molecule has 0 heteroatoms. The average molecular weight is 194 g/mol. The van der Waals surface area contributed by atoms with E-state index >= 15 is 0 Å². The van der Waals surface area contributed by atoms with Crippen molar-refractivity contribution in [2.24, 2.45) is 5.41 Å². The van der Waals surface area contributed by atoms with Gasteiger partial charge >= 0.3 is 0 Å². The summed E-state index contributed by atoms with van der Waals surface area (Å²) in [5.74, 6) is 0. The molecule has 14 heavy (non-hydrogen) atoms. The van der Waals surface area contributed by atoms with Crippen LogP contribution >= 0.6 is 0 Å². The van der Waals surface area contributed by atoms with Crippen molar-refractivity contribution in [1.82, 2.24) is 0 Å². The van der Waals surface area contributed by atoms with Crippen LogP contribution in [0.4, 0.5) is 0 Å². The molecule has 0 rings (SSSR count). The summed E-state index contributed by atoms with van der Waals surface area (Å²) in [6.45, 7) is 8.97. The van der Waals surface area contributed by atoms with E-state index < -0.39 is 0 Å². The fourth-order valence-corrected chi connectivity index (χ4v) is 1.49. The summed E-state index contributed by atoms with van der Waals surface area (Å²) in [7, 11) is 0. The molecule has 0 saturated heterocycles. The topological polar surface area (TPSA) is 0 Å². The Kier molecular flexibility index (Phi) is 7.55. The molecule has 0 spiro atoms. The highest BCUT2D eigenvalue weighted by Gasteiger charge is 2.11. The molecular formula is C14H26. The Morgan fingerprint density at radius 3 is 2.36 bits per heavy atom. The third kappa shape index (κ3) is 8.10. The summed E-state index contributed by atoms with van der Waals surface area (Å²) in [5.41, 5.74) is 0.386. The Morgan fingerprint density at radius 2 is 1.79 bits per heavy atom. The Hall–Kier alpha value is -0.520. The van der Waals surface area contributed by atoms with Gasteiger partial charge < -0.3 is 0 Å². The lowest BCUT2D eigenvalue weighted by Crippen LogP contribution is -2.06. The number of unbranched alkanes of at least 4 members (excludes halogenated alkanes) is 2. The average Bonchev–Trinajstić information content (AvgIpc) is 2.13. The van der Waals surface area contributed by atoms with Crippen molar-refractivity contribution in [2.45, 2.75) is 59.8 Å². The van der Waals surface area contributed by atoms with E-state index in [1.165, 1.54) is 32.1 Å². The SMILES string of the molecule is CC=CCCCC(C)(C)C=CCCC. The van der Waals surface area contributed by atoms with Gasteiger partial charge in [0, 0.05) is 0 Å². The maximum absolute atomic E-state index is 2.38. The minimum Gasteiger partial charge on any atom is -0.0917 e. The first kappa shape index (κ1) is 13.5. The Bertz CT molecular complexity index is 172. The summed E-state index contributed by atoms with van der Waals surface area (Å²) >= 11 is 0. The van der Waals surface area contributed by atoms with Crippen LogP contribution in [0.15, 0.2) is 24.3 Å². The van der Waals surface area contributed by atoms with E-state index in [4.69, 9.17) is 0 Å². The van der Waals surface area contributed by atoms with Crippen LogP contribution in [0.3, 0.4) is 0 Å². The van der Waals surface area contributed by atoms with E-state index in [-0.39, 0.29) is 0 Å². The molecular weight excluding hydrogens is 168 g/mol. The van der Waals surface area contributed by atoms with E-state index in [9.17, 15) is 0 Å². The smallest absolute Gasteiger partial charge is 0.0175 e. The van der Waals surface area contributed by atoms with Crippen LogP contribution in [0.25, 0.3) is 0 Å². The summed E-state index contributed by atoms with van der Waals surface area (Å²) in [4.78, 5) is 0. The minimum absolute atomic E-state index is 0.386. The van der Waals surface area contributed by atoms with Crippen molar-refractivity contribution in [3.8, 4) is 0 Å². The number of allylic oxidation sites excluding steroid dienone is 4. The first-order chi connectivity index (χ1) is 6.62. The van der Waals surface area contributed by atoms with Crippen LogP contribution in [-0.4, -0.2) is 0 Å². The van der Waals surface area contributed by atoms with E-state index in [0.717, 1.165) is 0 Å². The Labute approximate surface area is 90.1 Å². The molecule has 0 aromatic heterocycles. The number of hydrogen-bond acceptors (Lipinski definition) is 0. The standard InChI is InChI=1S/C14H26/c1-5-7-9-11-13-14(3,4)12-10-8-6-2/h5,7,10,12H,6,8-9,11,13H2,1-4H3. The van der Waals surface area contributed by atoms with Crippen molar-refractivity contribution < 1.29 is 0 Å². The molecule has 0 amide bonds. The molecule has 0 unspecified atom stereocenters. The van der Waals surface area contributed by atoms with Crippen LogP contribution < -0.4 is 0 Å². The first-order valence-corrected chi connectivity index (χ1v) is 5.91. The van der Waals surface area contributed by atoms with Crippen LogP contribution in [0.2, 0.25) is 0 Å². The molecule has 0 aromatic rings. The lowest BCUT2D eigenvalue weighted by atomic mass is 9.86. The quantitative estimate of drug-likeness (QED) is 0.390. The Balaban J connectivity index is 3.70. The first-order valence-electron chi connectivity index (χ1n) is 5.91. The molecule has 0 bridgehead atoms. The fourth-order valence-electron chi connectivity index (χ4n) is 1.49. The van der Waals surface area contributed by atoms with Crippen molar-refractivity contribution >= 4 is 0 Å². The molecule has 0 fully saturated rings. The van der Waals surface area contributed by atoms with Gasteiger partial charge in [-0.1, -0.05) is 51.5 Å². The molecule has 0 aliphatic carbocycles. The van der Waals surface area contributed by atoms with Gasteiger partial charge in [-0.05, 0) is 38.0 Å². The van der Waals surface area contributed by atoms with E-state index in [2.05, 4.69) is 52.0 Å². The summed E-state index contributed by atoms with van der Waals surface area (Å²) in [6, 6.07) is 0. The third-order valence-corrected chi connectivity index (χ3v) is 2.45. The van der Waals surface area contributed by atoms with E-state index in [0.29, 0.717) is 5.41 Å². The second-order valence-electron chi connectivity index (χ2n) is 4.64. The van der Waals surface area contributed by atoms with Crippen molar-refractivity contribution in [2.75, 3.05) is 0 Å². The third-order valence-electron chi connectivity index (χ3n) is 2.45. The number of hydrogen-bond donors (Lipinski definition) is 0. The predicted octanol–water partition coefficient (Wildman–Crippen LogP) is 5.12. The van der Waals surface area contributed by atoms with Crippen molar-refractivity contribution in [3.63, 3.8) is 0 Å². The molecule has 0 aliphatic heterocycles. The highest BCUT2D eigenvalue weighted by Crippen LogP contribution is 2.25. The Morgan fingerprint density at radius 1 is 1.07 bits per heavy atom. The minimum atomic E-state index is 0.386. The van der Waals surface area contributed by atoms with Crippen LogP contribution in [0.1, 0.15) is 59.8 Å². The van der Waals surface area contributed by atoms with Gasteiger partial charge in [0.05, 0.1) is 0 Å². The lowest BCUT2D eigenvalue weighted by Gasteiger charge is -2.19. The molecule has 82 valence electrons. The molecule has 0 saturated carbocycles. The molecule has 0 aliphatic rings. The fraction of sp³-hybridized carbons (Fsp3) is 0.714. The number of rotatable bonds is 7. The molecule has 0 nitrogen and oxygen atoms in total. The maximum Gasteiger partial charge on any atom is -0.0175 e. The monoisotopic (exact) mass is 194 g/mol. The van der Waals surface area contributed by atoms with Gasteiger partial charge in [0.15, 0.2) is 0 Å². The predicted molar refractivity (Wildman–Crippen MR) is 66.5 cm³/mol. The van der Waals surface area contributed by atoms with Gasteiger partial charge in [0.2, 0.25) is 0 Å². The highest BCUT2D eigenvalue weighted by atomic mass is 14.2. The van der Waals surface area contributed by atoms with Gasteiger partial charge in [-0.2, -0.15) is 0 Å². The van der Waals surface area contributed by atoms with E-state index in [1.54, 1.807) is 0 Å². The maximum atomic E-state index is 2.38. The van der Waals surface area contributed by atoms with Crippen LogP contribution in [0, 0.1) is 5.41 Å². The van der Waals surface area contributed by atoms with Gasteiger partial charge in [0.1, 0.15) is 0 Å².